The van der Waals surface area contributed by atoms with Gasteiger partial charge in [0.1, 0.15) is 5.75 Å². The first kappa shape index (κ1) is 31.4. The second-order valence-corrected chi connectivity index (χ2v) is 17.0. The summed E-state index contributed by atoms with van der Waals surface area (Å²) in [5, 5.41) is 17.6. The van der Waals surface area contributed by atoms with Crippen molar-refractivity contribution < 1.29 is 29.0 Å². The number of methoxy groups -OCH3 is 1. The number of aliphatic hydroxyl groups excluding tert-OH is 1. The molecule has 240 valence electrons. The van der Waals surface area contributed by atoms with Crippen LogP contribution in [0.2, 0.25) is 18.6 Å². The lowest BCUT2D eigenvalue weighted by atomic mass is 9.82. The number of rotatable bonds is 10. The predicted molar refractivity (Wildman–Crippen MR) is 171 cm³/mol. The van der Waals surface area contributed by atoms with Crippen LogP contribution in [-0.2, 0) is 39.4 Å². The predicted octanol–water partition coefficient (Wildman–Crippen LogP) is 3.77. The summed E-state index contributed by atoms with van der Waals surface area (Å²) >= 11 is 0. The molecule has 4 atom stereocenters. The summed E-state index contributed by atoms with van der Waals surface area (Å²) in [5.74, 6) is 0.289. The molecule has 3 aromatic rings. The van der Waals surface area contributed by atoms with Crippen LogP contribution >= 0.6 is 0 Å². The highest BCUT2D eigenvalue weighted by Crippen LogP contribution is 2.60. The molecule has 45 heavy (non-hydrogen) atoms. The summed E-state index contributed by atoms with van der Waals surface area (Å²) in [7, 11) is -1.23. The van der Waals surface area contributed by atoms with Crippen molar-refractivity contribution in [2.45, 2.75) is 82.5 Å². The number of fused-ring (bicyclic) bond motifs is 2. The monoisotopic (exact) mass is 633 g/mol. The molecule has 0 unspecified atom stereocenters. The van der Waals surface area contributed by atoms with Gasteiger partial charge in [-0.05, 0) is 68.3 Å². The van der Waals surface area contributed by atoms with Gasteiger partial charge in [-0.1, -0.05) is 24.3 Å². The SMILES string of the molecule is COc1ccc2c(c1)[C@@]1(O[C@H](CCn3cc(CCO)nn3)[C@@H]([Si](C)(C)O)[C@@H]1C)C(=O)N2Cc1cccc(N2CCCCC2=O)c1. The van der Waals surface area contributed by atoms with Crippen molar-refractivity contribution in [1.29, 1.82) is 0 Å². The van der Waals surface area contributed by atoms with E-state index in [1.807, 2.05) is 73.6 Å². The van der Waals surface area contributed by atoms with Crippen LogP contribution in [0.25, 0.3) is 0 Å². The molecule has 1 spiro atoms. The molecule has 12 heteroatoms. The van der Waals surface area contributed by atoms with Gasteiger partial charge in [-0.25, -0.2) is 0 Å². The molecule has 2 saturated heterocycles. The van der Waals surface area contributed by atoms with Gasteiger partial charge in [-0.2, -0.15) is 0 Å². The minimum Gasteiger partial charge on any atom is -0.497 e. The molecular weight excluding hydrogens is 590 g/mol. The number of hydrogen-bond donors (Lipinski definition) is 2. The Labute approximate surface area is 264 Å². The minimum atomic E-state index is -2.83. The molecule has 3 aliphatic heterocycles. The molecule has 2 amide bonds. The van der Waals surface area contributed by atoms with E-state index in [-0.39, 0.29) is 29.9 Å². The number of carbonyl (C=O) groups excluding carboxylic acids is 2. The highest BCUT2D eigenvalue weighted by Gasteiger charge is 2.66. The lowest BCUT2D eigenvalue weighted by molar-refractivity contribution is -0.146. The van der Waals surface area contributed by atoms with Crippen molar-refractivity contribution in [2.75, 3.05) is 30.1 Å². The molecule has 3 aliphatic rings. The zero-order valence-corrected chi connectivity index (χ0v) is 27.5. The Bertz CT molecular complexity index is 1570. The minimum absolute atomic E-state index is 0.000995. The molecule has 0 bridgehead atoms. The summed E-state index contributed by atoms with van der Waals surface area (Å²) in [6.45, 7) is 7.36. The molecule has 1 aromatic heterocycles. The van der Waals surface area contributed by atoms with E-state index in [2.05, 4.69) is 10.3 Å². The Balaban J connectivity index is 1.34. The van der Waals surface area contributed by atoms with Crippen LogP contribution in [0.5, 0.6) is 5.75 Å². The fourth-order valence-corrected chi connectivity index (χ4v) is 10.2. The van der Waals surface area contributed by atoms with E-state index < -0.39 is 20.0 Å². The van der Waals surface area contributed by atoms with Crippen LogP contribution in [0.1, 0.15) is 49.4 Å². The number of ether oxygens (including phenoxy) is 2. The summed E-state index contributed by atoms with van der Waals surface area (Å²) in [5.41, 5.74) is 2.46. The lowest BCUT2D eigenvalue weighted by Crippen LogP contribution is -2.46. The van der Waals surface area contributed by atoms with Crippen molar-refractivity contribution in [3.05, 3.63) is 65.5 Å². The van der Waals surface area contributed by atoms with Crippen molar-refractivity contribution in [2.24, 2.45) is 5.92 Å². The quantitative estimate of drug-likeness (QED) is 0.323. The highest BCUT2D eigenvalue weighted by atomic mass is 28.4. The van der Waals surface area contributed by atoms with Gasteiger partial charge in [0, 0.05) is 61.4 Å². The zero-order valence-electron chi connectivity index (χ0n) is 26.5. The molecule has 0 aliphatic carbocycles. The normalized spacial score (nSPS) is 25.0. The van der Waals surface area contributed by atoms with Crippen LogP contribution in [0.4, 0.5) is 11.4 Å². The van der Waals surface area contributed by atoms with E-state index in [1.54, 1.807) is 16.7 Å². The van der Waals surface area contributed by atoms with Crippen LogP contribution in [0.3, 0.4) is 0 Å². The smallest absolute Gasteiger partial charge is 0.264 e. The third kappa shape index (κ3) is 5.69. The average Bonchev–Trinajstić information content (AvgIpc) is 3.66. The number of aliphatic hydroxyl groups is 1. The fourth-order valence-electron chi connectivity index (χ4n) is 7.63. The van der Waals surface area contributed by atoms with Gasteiger partial charge in [0.2, 0.25) is 5.91 Å². The third-order valence-electron chi connectivity index (χ3n) is 9.67. The number of amides is 2. The molecule has 0 radical (unpaired) electrons. The number of benzene rings is 2. The van der Waals surface area contributed by atoms with Crippen molar-refractivity contribution in [3.8, 4) is 5.75 Å². The van der Waals surface area contributed by atoms with E-state index in [4.69, 9.17) is 9.47 Å². The summed E-state index contributed by atoms with van der Waals surface area (Å²) in [4.78, 5) is 42.7. The van der Waals surface area contributed by atoms with E-state index >= 15 is 0 Å². The first-order chi connectivity index (χ1) is 21.6. The first-order valence-electron chi connectivity index (χ1n) is 15.9. The number of anilines is 2. The van der Waals surface area contributed by atoms with Crippen LogP contribution in [0, 0.1) is 5.92 Å². The maximum atomic E-state index is 14.8. The maximum Gasteiger partial charge on any atom is 0.264 e. The standard InChI is InChI=1S/C33H43N5O6Si/c1-22-31(45(3,4)42)29(13-16-36-21-24(14-17-39)34-35-36)44-33(22)27-19-26(43-2)11-12-28(27)38(32(33)41)20-23-8-7-9-25(18-23)37-15-6-5-10-30(37)40/h7-9,11-12,18-19,21-22,29,31,39,42H,5-6,10,13-17,20H2,1-4H3/t22-,29+,31-,33+/m0/s1. The van der Waals surface area contributed by atoms with Gasteiger partial charge in [-0.15, -0.1) is 5.10 Å². The number of piperidine rings is 1. The highest BCUT2D eigenvalue weighted by molar-refractivity contribution is 6.71. The Hall–Kier alpha value is -3.58. The number of nitrogens with zero attached hydrogens (tertiary/aromatic N) is 5. The van der Waals surface area contributed by atoms with E-state index in [0.717, 1.165) is 35.3 Å². The third-order valence-corrected chi connectivity index (χ3v) is 12.2. The summed E-state index contributed by atoms with van der Waals surface area (Å²) in [6, 6.07) is 13.5. The molecule has 6 rings (SSSR count). The van der Waals surface area contributed by atoms with Crippen molar-refractivity contribution >= 4 is 31.5 Å². The largest absolute Gasteiger partial charge is 0.497 e. The van der Waals surface area contributed by atoms with E-state index in [0.29, 0.717) is 50.3 Å². The first-order valence-corrected chi connectivity index (χ1v) is 18.9. The Morgan fingerprint density at radius 3 is 2.71 bits per heavy atom. The molecule has 2 N–H and O–H groups in total. The fraction of sp³-hybridized carbons (Fsp3) is 0.515. The van der Waals surface area contributed by atoms with Crippen LogP contribution < -0.4 is 14.5 Å². The number of hydrogen-bond acceptors (Lipinski definition) is 8. The number of carbonyl (C=O) groups is 2. The number of aryl methyl sites for hydroxylation is 1. The second-order valence-electron chi connectivity index (χ2n) is 13.0. The van der Waals surface area contributed by atoms with E-state index in [9.17, 15) is 19.5 Å². The molecular formula is C33H43N5O6Si. The molecule has 2 fully saturated rings. The Morgan fingerprint density at radius 1 is 1.16 bits per heavy atom. The Kier molecular flexibility index (Phi) is 8.59. The van der Waals surface area contributed by atoms with Crippen molar-refractivity contribution in [3.63, 3.8) is 0 Å². The summed E-state index contributed by atoms with van der Waals surface area (Å²) < 4.78 is 14.3. The number of aromatic nitrogens is 3. The van der Waals surface area contributed by atoms with Gasteiger partial charge in [0.25, 0.3) is 5.91 Å². The van der Waals surface area contributed by atoms with E-state index in [1.165, 1.54) is 0 Å². The molecule has 2 aromatic carbocycles. The topological polar surface area (TPSA) is 130 Å². The molecule has 11 nitrogen and oxygen atoms in total. The summed E-state index contributed by atoms with van der Waals surface area (Å²) in [6.07, 6.45) is 4.82. The van der Waals surface area contributed by atoms with Crippen molar-refractivity contribution in [1.82, 2.24) is 15.0 Å². The maximum absolute atomic E-state index is 14.8. The lowest BCUT2D eigenvalue weighted by Gasteiger charge is -2.32. The van der Waals surface area contributed by atoms with Crippen LogP contribution in [-0.4, -0.2) is 71.4 Å². The van der Waals surface area contributed by atoms with Gasteiger partial charge < -0.3 is 29.2 Å². The van der Waals surface area contributed by atoms with Gasteiger partial charge in [0.05, 0.1) is 31.1 Å². The molecule has 4 heterocycles. The van der Waals surface area contributed by atoms with Crippen LogP contribution in [0.15, 0.2) is 48.7 Å². The van der Waals surface area contributed by atoms with Gasteiger partial charge in [0.15, 0.2) is 13.9 Å². The van der Waals surface area contributed by atoms with Gasteiger partial charge >= 0.3 is 0 Å². The Morgan fingerprint density at radius 2 is 1.98 bits per heavy atom. The average molecular weight is 634 g/mol. The zero-order chi connectivity index (χ0) is 31.9. The molecule has 0 saturated carbocycles. The van der Waals surface area contributed by atoms with Gasteiger partial charge in [-0.3, -0.25) is 14.3 Å². The second kappa shape index (κ2) is 12.3.